The smallest absolute Gasteiger partial charge is 0.267 e. The van der Waals surface area contributed by atoms with Crippen LogP contribution in [-0.2, 0) is 11.3 Å². The lowest BCUT2D eigenvalue weighted by Gasteiger charge is -2.09. The maximum absolute atomic E-state index is 14.1. The quantitative estimate of drug-likeness (QED) is 0.903. The van der Waals surface area contributed by atoms with Gasteiger partial charge in [-0.15, -0.1) is 0 Å². The predicted molar refractivity (Wildman–Crippen MR) is 81.6 cm³/mol. The Kier molecular flexibility index (Phi) is 4.10. The number of nitrogens with one attached hydrogen (secondary N) is 1. The second-order valence-electron chi connectivity index (χ2n) is 5.40. The highest BCUT2D eigenvalue weighted by Gasteiger charge is 2.23. The summed E-state index contributed by atoms with van der Waals surface area (Å²) in [6.45, 7) is -0.180. The Labute approximate surface area is 131 Å². The largest absolute Gasteiger partial charge is 0.497 e. The molecule has 1 N–H and O–H groups in total. The van der Waals surface area contributed by atoms with Gasteiger partial charge in [0.1, 0.15) is 18.1 Å². The molecule has 120 valence electrons. The molecule has 1 aliphatic rings. The van der Waals surface area contributed by atoms with E-state index >= 15 is 0 Å². The summed E-state index contributed by atoms with van der Waals surface area (Å²) in [5.41, 5.74) is 0.111. The molecular weight excluding hydrogens is 301 g/mol. The molecule has 1 amide bonds. The fourth-order valence-electron chi connectivity index (χ4n) is 2.17. The maximum Gasteiger partial charge on any atom is 0.267 e. The third-order valence-electron chi connectivity index (χ3n) is 3.55. The summed E-state index contributed by atoms with van der Waals surface area (Å²) in [5.74, 6) is -0.387. The van der Waals surface area contributed by atoms with Crippen molar-refractivity contribution >= 4 is 5.91 Å². The zero-order chi connectivity index (χ0) is 16.4. The van der Waals surface area contributed by atoms with Crippen LogP contribution in [0.2, 0.25) is 0 Å². The Balaban J connectivity index is 1.87. The van der Waals surface area contributed by atoms with Gasteiger partial charge in [-0.2, -0.15) is 5.10 Å². The molecule has 1 heterocycles. The summed E-state index contributed by atoms with van der Waals surface area (Å²) in [7, 11) is 1.45. The molecule has 3 rings (SSSR count). The van der Waals surface area contributed by atoms with Crippen molar-refractivity contribution in [3.63, 3.8) is 0 Å². The molecule has 1 aromatic carbocycles. The topological polar surface area (TPSA) is 73.2 Å². The molecule has 7 heteroatoms. The number of methoxy groups -OCH3 is 1. The molecule has 0 saturated heterocycles. The number of benzene rings is 1. The first kappa shape index (κ1) is 15.2. The van der Waals surface area contributed by atoms with E-state index in [1.54, 1.807) is 6.07 Å². The lowest BCUT2D eigenvalue weighted by molar-refractivity contribution is -0.122. The summed E-state index contributed by atoms with van der Waals surface area (Å²) in [5, 5.41) is 6.88. The average molecular weight is 317 g/mol. The number of ether oxygens (including phenoxy) is 1. The second kappa shape index (κ2) is 6.20. The summed E-state index contributed by atoms with van der Waals surface area (Å²) < 4.78 is 20.1. The number of halogens is 1. The van der Waals surface area contributed by atoms with Gasteiger partial charge in [-0.25, -0.2) is 9.07 Å². The van der Waals surface area contributed by atoms with Gasteiger partial charge in [0, 0.05) is 23.7 Å². The third-order valence-corrected chi connectivity index (χ3v) is 3.55. The van der Waals surface area contributed by atoms with Crippen molar-refractivity contribution in [3.05, 3.63) is 46.5 Å². The van der Waals surface area contributed by atoms with Crippen molar-refractivity contribution in [2.45, 2.75) is 25.4 Å². The molecule has 1 fully saturated rings. The van der Waals surface area contributed by atoms with E-state index in [0.29, 0.717) is 5.75 Å². The van der Waals surface area contributed by atoms with Gasteiger partial charge in [0.2, 0.25) is 5.91 Å². The Morgan fingerprint density at radius 1 is 1.39 bits per heavy atom. The summed E-state index contributed by atoms with van der Waals surface area (Å²) in [6, 6.07) is 7.29. The molecule has 0 aliphatic heterocycles. The van der Waals surface area contributed by atoms with Gasteiger partial charge in [0.25, 0.3) is 5.56 Å². The molecule has 1 saturated carbocycles. The van der Waals surface area contributed by atoms with E-state index in [1.807, 2.05) is 0 Å². The van der Waals surface area contributed by atoms with Crippen molar-refractivity contribution in [1.82, 2.24) is 15.1 Å². The van der Waals surface area contributed by atoms with Gasteiger partial charge in [0.05, 0.1) is 12.8 Å². The average Bonchev–Trinajstić information content (AvgIpc) is 3.33. The Morgan fingerprint density at radius 2 is 2.17 bits per heavy atom. The van der Waals surface area contributed by atoms with E-state index in [0.717, 1.165) is 17.5 Å². The third kappa shape index (κ3) is 3.56. The number of amides is 1. The van der Waals surface area contributed by atoms with E-state index in [9.17, 15) is 14.0 Å². The lowest BCUT2D eigenvalue weighted by Crippen LogP contribution is -2.34. The van der Waals surface area contributed by atoms with Gasteiger partial charge >= 0.3 is 0 Å². The van der Waals surface area contributed by atoms with Crippen LogP contribution in [0.25, 0.3) is 11.3 Å². The normalized spacial score (nSPS) is 13.7. The van der Waals surface area contributed by atoms with Crippen molar-refractivity contribution < 1.29 is 13.9 Å². The number of rotatable bonds is 5. The summed E-state index contributed by atoms with van der Waals surface area (Å²) in [4.78, 5) is 23.6. The molecule has 1 aliphatic carbocycles. The van der Waals surface area contributed by atoms with Crippen molar-refractivity contribution in [1.29, 1.82) is 0 Å². The molecule has 1 aromatic heterocycles. The van der Waals surface area contributed by atoms with Crippen LogP contribution in [0.3, 0.4) is 0 Å². The molecule has 6 nitrogen and oxygen atoms in total. The zero-order valence-electron chi connectivity index (χ0n) is 12.6. The van der Waals surface area contributed by atoms with Crippen molar-refractivity contribution in [2.24, 2.45) is 0 Å². The molecule has 0 atom stereocenters. The van der Waals surface area contributed by atoms with Crippen LogP contribution in [0.1, 0.15) is 12.8 Å². The minimum atomic E-state index is -0.510. The molecule has 23 heavy (non-hydrogen) atoms. The standard InChI is InChI=1S/C16H16FN3O3/c1-23-11-4-5-12(13(17)8-11)14-6-7-16(22)20(19-14)9-15(21)18-10-2-3-10/h4-8,10H,2-3,9H2,1H3,(H,18,21). The first-order chi connectivity index (χ1) is 11.1. The second-order valence-corrected chi connectivity index (χ2v) is 5.40. The van der Waals surface area contributed by atoms with Gasteiger partial charge in [-0.1, -0.05) is 0 Å². The highest BCUT2D eigenvalue weighted by Crippen LogP contribution is 2.24. The Hall–Kier alpha value is -2.70. The first-order valence-electron chi connectivity index (χ1n) is 7.28. The van der Waals surface area contributed by atoms with E-state index in [2.05, 4.69) is 10.4 Å². The van der Waals surface area contributed by atoms with Crippen LogP contribution >= 0.6 is 0 Å². The number of nitrogens with zero attached hydrogens (tertiary/aromatic N) is 2. The number of aromatic nitrogens is 2. The highest BCUT2D eigenvalue weighted by molar-refractivity contribution is 5.76. The number of hydrogen-bond donors (Lipinski definition) is 1. The SMILES string of the molecule is COc1ccc(-c2ccc(=O)n(CC(=O)NC3CC3)n2)c(F)c1. The minimum Gasteiger partial charge on any atom is -0.497 e. The predicted octanol–water partition coefficient (Wildman–Crippen LogP) is 1.34. The zero-order valence-corrected chi connectivity index (χ0v) is 12.6. The molecule has 0 unspecified atom stereocenters. The van der Waals surface area contributed by atoms with Crippen LogP contribution in [0.5, 0.6) is 5.75 Å². The fourth-order valence-corrected chi connectivity index (χ4v) is 2.17. The molecule has 2 aromatic rings. The molecular formula is C16H16FN3O3. The fraction of sp³-hybridized carbons (Fsp3) is 0.312. The molecule has 0 spiro atoms. The van der Waals surface area contributed by atoms with Crippen molar-refractivity contribution in [2.75, 3.05) is 7.11 Å². The number of carbonyl (C=O) groups is 1. The maximum atomic E-state index is 14.1. The van der Waals surface area contributed by atoms with Crippen molar-refractivity contribution in [3.8, 4) is 17.0 Å². The van der Waals surface area contributed by atoms with Crippen LogP contribution in [-0.4, -0.2) is 28.8 Å². The van der Waals surface area contributed by atoms with Gasteiger partial charge in [0.15, 0.2) is 0 Å². The summed E-state index contributed by atoms with van der Waals surface area (Å²) >= 11 is 0. The van der Waals surface area contributed by atoms with Gasteiger partial charge in [-0.05, 0) is 31.0 Å². The van der Waals surface area contributed by atoms with E-state index in [4.69, 9.17) is 4.74 Å². The molecule has 0 bridgehead atoms. The van der Waals surface area contributed by atoms with Crippen LogP contribution < -0.4 is 15.6 Å². The van der Waals surface area contributed by atoms with Crippen LogP contribution in [0.4, 0.5) is 4.39 Å². The van der Waals surface area contributed by atoms with E-state index < -0.39 is 11.4 Å². The number of hydrogen-bond acceptors (Lipinski definition) is 4. The van der Waals surface area contributed by atoms with Gasteiger partial charge in [-0.3, -0.25) is 9.59 Å². The Bertz CT molecular complexity index is 799. The first-order valence-corrected chi connectivity index (χ1v) is 7.28. The monoisotopic (exact) mass is 317 g/mol. The van der Waals surface area contributed by atoms with Gasteiger partial charge < -0.3 is 10.1 Å². The molecule has 0 radical (unpaired) electrons. The summed E-state index contributed by atoms with van der Waals surface area (Å²) in [6.07, 6.45) is 1.93. The van der Waals surface area contributed by atoms with E-state index in [-0.39, 0.29) is 29.8 Å². The number of carbonyl (C=O) groups excluding carboxylic acids is 1. The highest BCUT2D eigenvalue weighted by atomic mass is 19.1. The van der Waals surface area contributed by atoms with E-state index in [1.165, 1.54) is 31.4 Å². The minimum absolute atomic E-state index is 0.180. The Morgan fingerprint density at radius 3 is 2.83 bits per heavy atom. The lowest BCUT2D eigenvalue weighted by atomic mass is 10.1. The van der Waals surface area contributed by atoms with Crippen LogP contribution in [0, 0.1) is 5.82 Å². The van der Waals surface area contributed by atoms with Crippen LogP contribution in [0.15, 0.2) is 35.1 Å².